The lowest BCUT2D eigenvalue weighted by Gasteiger charge is -2.05. The van der Waals surface area contributed by atoms with Crippen molar-refractivity contribution >= 4 is 17.3 Å². The monoisotopic (exact) mass is 299 g/mol. The maximum absolute atomic E-state index is 11.0. The molecule has 0 unspecified atom stereocenters. The number of nitrogens with zero attached hydrogens (tertiary/aromatic N) is 4. The molecule has 0 fully saturated rings. The van der Waals surface area contributed by atoms with Crippen LogP contribution in [-0.2, 0) is 0 Å². The zero-order chi connectivity index (χ0) is 16.3. The van der Waals surface area contributed by atoms with Crippen molar-refractivity contribution in [2.75, 3.05) is 5.43 Å². The molecule has 1 aromatic heterocycles. The predicted molar refractivity (Wildman–Crippen MR) is 85.2 cm³/mol. The minimum Gasteiger partial charge on any atom is -0.258 e. The van der Waals surface area contributed by atoms with E-state index in [2.05, 4.69) is 20.5 Å². The first kappa shape index (κ1) is 15.6. The number of aromatic nitrogens is 2. The number of hydrazone groups is 1. The minimum atomic E-state index is -0.396. The van der Waals surface area contributed by atoms with Crippen molar-refractivity contribution in [2.24, 2.45) is 5.10 Å². The first-order valence-electron chi connectivity index (χ1n) is 6.75. The summed E-state index contributed by atoms with van der Waals surface area (Å²) in [4.78, 5) is 19.0. The standard InChI is InChI=1S/C15H17N5O2/c1-9-5-6-13(8-14(9)20(21)22)12(4)18-19-15-16-10(2)7-11(3)17-15/h5-8H,1-4H3,(H,16,17,19)/b18-12-. The number of nitro groups is 1. The van der Waals surface area contributed by atoms with Crippen LogP contribution in [0, 0.1) is 30.9 Å². The van der Waals surface area contributed by atoms with E-state index in [1.807, 2.05) is 19.9 Å². The zero-order valence-electron chi connectivity index (χ0n) is 12.9. The van der Waals surface area contributed by atoms with Crippen LogP contribution in [0.3, 0.4) is 0 Å². The van der Waals surface area contributed by atoms with Crippen molar-refractivity contribution in [3.05, 3.63) is 56.9 Å². The average molecular weight is 299 g/mol. The fourth-order valence-corrected chi connectivity index (χ4v) is 2.01. The molecule has 1 N–H and O–H groups in total. The molecule has 2 rings (SSSR count). The molecule has 1 heterocycles. The highest BCUT2D eigenvalue weighted by molar-refractivity contribution is 5.99. The van der Waals surface area contributed by atoms with Crippen molar-refractivity contribution in [1.29, 1.82) is 0 Å². The van der Waals surface area contributed by atoms with E-state index < -0.39 is 4.92 Å². The molecule has 1 aromatic carbocycles. The lowest BCUT2D eigenvalue weighted by molar-refractivity contribution is -0.385. The van der Waals surface area contributed by atoms with Crippen molar-refractivity contribution < 1.29 is 4.92 Å². The van der Waals surface area contributed by atoms with E-state index in [-0.39, 0.29) is 5.69 Å². The smallest absolute Gasteiger partial charge is 0.258 e. The van der Waals surface area contributed by atoms with Gasteiger partial charge in [-0.15, -0.1) is 0 Å². The summed E-state index contributed by atoms with van der Waals surface area (Å²) >= 11 is 0. The summed E-state index contributed by atoms with van der Waals surface area (Å²) in [5.74, 6) is 0.401. The molecule has 0 aliphatic heterocycles. The highest BCUT2D eigenvalue weighted by Gasteiger charge is 2.12. The number of hydrogen-bond acceptors (Lipinski definition) is 6. The summed E-state index contributed by atoms with van der Waals surface area (Å²) in [5.41, 5.74) is 6.45. The van der Waals surface area contributed by atoms with Gasteiger partial charge in [-0.25, -0.2) is 15.4 Å². The molecule has 0 atom stereocenters. The van der Waals surface area contributed by atoms with Gasteiger partial charge in [0.2, 0.25) is 5.95 Å². The van der Waals surface area contributed by atoms with Crippen LogP contribution in [0.4, 0.5) is 11.6 Å². The summed E-state index contributed by atoms with van der Waals surface area (Å²) in [7, 11) is 0. The second kappa shape index (κ2) is 6.30. The Morgan fingerprint density at radius 2 is 1.82 bits per heavy atom. The number of nitro benzene ring substituents is 1. The fourth-order valence-electron chi connectivity index (χ4n) is 2.01. The molecule has 0 saturated heterocycles. The number of hydrogen-bond donors (Lipinski definition) is 1. The Hall–Kier alpha value is -2.83. The number of aryl methyl sites for hydroxylation is 3. The van der Waals surface area contributed by atoms with Gasteiger partial charge in [0.1, 0.15) is 0 Å². The molecular formula is C15H17N5O2. The van der Waals surface area contributed by atoms with E-state index in [1.165, 1.54) is 6.07 Å². The zero-order valence-corrected chi connectivity index (χ0v) is 12.9. The number of nitrogens with one attached hydrogen (secondary N) is 1. The van der Waals surface area contributed by atoms with Crippen LogP contribution in [0.2, 0.25) is 0 Å². The van der Waals surface area contributed by atoms with Crippen LogP contribution in [0.5, 0.6) is 0 Å². The lowest BCUT2D eigenvalue weighted by atomic mass is 10.1. The van der Waals surface area contributed by atoms with Gasteiger partial charge in [-0.2, -0.15) is 5.10 Å². The third kappa shape index (κ3) is 3.63. The van der Waals surface area contributed by atoms with Crippen LogP contribution >= 0.6 is 0 Å². The van der Waals surface area contributed by atoms with Crippen LogP contribution in [0.1, 0.15) is 29.4 Å². The molecule has 114 valence electrons. The van der Waals surface area contributed by atoms with Gasteiger partial charge < -0.3 is 0 Å². The summed E-state index contributed by atoms with van der Waals surface area (Å²) < 4.78 is 0. The Bertz CT molecular complexity index is 735. The van der Waals surface area contributed by atoms with Gasteiger partial charge in [-0.3, -0.25) is 10.1 Å². The second-order valence-electron chi connectivity index (χ2n) is 5.04. The van der Waals surface area contributed by atoms with Gasteiger partial charge in [0.05, 0.1) is 10.6 Å². The normalized spacial score (nSPS) is 11.4. The maximum atomic E-state index is 11.0. The van der Waals surface area contributed by atoms with Gasteiger partial charge in [0.25, 0.3) is 5.69 Å². The van der Waals surface area contributed by atoms with Crippen LogP contribution in [-0.4, -0.2) is 20.6 Å². The average Bonchev–Trinajstić information content (AvgIpc) is 2.44. The van der Waals surface area contributed by atoms with Crippen LogP contribution in [0.15, 0.2) is 29.4 Å². The molecular weight excluding hydrogens is 282 g/mol. The van der Waals surface area contributed by atoms with Crippen molar-refractivity contribution in [3.8, 4) is 0 Å². The van der Waals surface area contributed by atoms with Gasteiger partial charge in [-0.05, 0) is 33.8 Å². The molecule has 0 saturated carbocycles. The van der Waals surface area contributed by atoms with Gasteiger partial charge in [0, 0.05) is 28.6 Å². The third-order valence-corrected chi connectivity index (χ3v) is 3.13. The Morgan fingerprint density at radius 1 is 1.18 bits per heavy atom. The minimum absolute atomic E-state index is 0.0784. The predicted octanol–water partition coefficient (Wildman–Crippen LogP) is 3.15. The first-order valence-corrected chi connectivity index (χ1v) is 6.75. The number of benzene rings is 1. The molecule has 0 radical (unpaired) electrons. The van der Waals surface area contributed by atoms with Crippen molar-refractivity contribution in [3.63, 3.8) is 0 Å². The van der Waals surface area contributed by atoms with E-state index in [0.717, 1.165) is 11.4 Å². The van der Waals surface area contributed by atoms with Crippen LogP contribution in [0.25, 0.3) is 0 Å². The van der Waals surface area contributed by atoms with Crippen molar-refractivity contribution in [2.45, 2.75) is 27.7 Å². The summed E-state index contributed by atoms with van der Waals surface area (Å²) in [6.07, 6.45) is 0. The Kier molecular flexibility index (Phi) is 4.45. The van der Waals surface area contributed by atoms with Gasteiger partial charge >= 0.3 is 0 Å². The number of anilines is 1. The van der Waals surface area contributed by atoms with Gasteiger partial charge in [0.15, 0.2) is 0 Å². The molecule has 0 spiro atoms. The maximum Gasteiger partial charge on any atom is 0.272 e. The fraction of sp³-hybridized carbons (Fsp3) is 0.267. The highest BCUT2D eigenvalue weighted by Crippen LogP contribution is 2.19. The Labute approximate surface area is 128 Å². The van der Waals surface area contributed by atoms with E-state index >= 15 is 0 Å². The SMILES string of the molecule is C/C(=N/Nc1nc(C)cc(C)n1)c1ccc(C)c([N+](=O)[O-])c1. The van der Waals surface area contributed by atoms with E-state index in [4.69, 9.17) is 0 Å². The summed E-state index contributed by atoms with van der Waals surface area (Å²) in [6.45, 7) is 7.22. The van der Waals surface area contributed by atoms with Crippen molar-refractivity contribution in [1.82, 2.24) is 9.97 Å². The largest absolute Gasteiger partial charge is 0.272 e. The molecule has 7 heteroatoms. The molecule has 7 nitrogen and oxygen atoms in total. The molecule has 0 aliphatic rings. The van der Waals surface area contributed by atoms with Gasteiger partial charge in [-0.1, -0.05) is 12.1 Å². The molecule has 22 heavy (non-hydrogen) atoms. The first-order chi connectivity index (χ1) is 10.4. The van der Waals surface area contributed by atoms with E-state index in [1.54, 1.807) is 26.0 Å². The molecule has 0 aliphatic carbocycles. The topological polar surface area (TPSA) is 93.3 Å². The van der Waals surface area contributed by atoms with E-state index in [0.29, 0.717) is 22.8 Å². The highest BCUT2D eigenvalue weighted by atomic mass is 16.6. The van der Waals surface area contributed by atoms with E-state index in [9.17, 15) is 10.1 Å². The second-order valence-corrected chi connectivity index (χ2v) is 5.04. The summed E-state index contributed by atoms with van der Waals surface area (Å²) in [5, 5.41) is 15.2. The Balaban J connectivity index is 2.25. The molecule has 0 bridgehead atoms. The Morgan fingerprint density at radius 3 is 2.41 bits per heavy atom. The molecule has 0 amide bonds. The third-order valence-electron chi connectivity index (χ3n) is 3.13. The lowest BCUT2D eigenvalue weighted by Crippen LogP contribution is -2.04. The summed E-state index contributed by atoms with van der Waals surface area (Å²) in [6, 6.07) is 6.88. The molecule has 2 aromatic rings. The van der Waals surface area contributed by atoms with Crippen LogP contribution < -0.4 is 5.43 Å². The number of rotatable bonds is 4. The quantitative estimate of drug-likeness (QED) is 0.531.